The molecule has 6 nitrogen and oxygen atoms in total. The van der Waals surface area contributed by atoms with E-state index in [2.05, 4.69) is 20.6 Å². The van der Waals surface area contributed by atoms with E-state index in [1.165, 1.54) is 0 Å². The minimum absolute atomic E-state index is 0.0106. The molecule has 6 heteroatoms. The molecule has 4 N–H and O–H groups in total. The highest BCUT2D eigenvalue weighted by molar-refractivity contribution is 5.77. The normalized spacial score (nSPS) is 11.2. The number of carbonyl (C=O) groups excluding carboxylic acids is 1. The average molecular weight is 265 g/mol. The van der Waals surface area contributed by atoms with Gasteiger partial charge < -0.3 is 16.4 Å². The van der Waals surface area contributed by atoms with Crippen LogP contribution in [0.3, 0.4) is 0 Å². The van der Waals surface area contributed by atoms with E-state index < -0.39 is 0 Å². The van der Waals surface area contributed by atoms with Crippen LogP contribution in [0, 0.1) is 13.8 Å². The van der Waals surface area contributed by atoms with Crippen molar-refractivity contribution in [2.45, 2.75) is 46.6 Å². The molecule has 19 heavy (non-hydrogen) atoms. The van der Waals surface area contributed by atoms with E-state index in [4.69, 9.17) is 5.73 Å². The minimum atomic E-state index is -0.205. The second kappa shape index (κ2) is 5.86. The van der Waals surface area contributed by atoms with Crippen LogP contribution in [0.2, 0.25) is 0 Å². The van der Waals surface area contributed by atoms with Gasteiger partial charge in [0.15, 0.2) is 0 Å². The van der Waals surface area contributed by atoms with E-state index in [-0.39, 0.29) is 11.4 Å². The van der Waals surface area contributed by atoms with Crippen LogP contribution >= 0.6 is 0 Å². The predicted octanol–water partition coefficient (Wildman–Crippen LogP) is 1.39. The number of hydrogen-bond donors (Lipinski definition) is 3. The number of nitrogens with one attached hydrogen (secondary N) is 2. The van der Waals surface area contributed by atoms with Crippen LogP contribution in [0.4, 0.5) is 11.6 Å². The molecule has 1 amide bonds. The van der Waals surface area contributed by atoms with E-state index in [1.54, 1.807) is 6.92 Å². The summed E-state index contributed by atoms with van der Waals surface area (Å²) in [7, 11) is 0. The largest absolute Gasteiger partial charge is 0.383 e. The van der Waals surface area contributed by atoms with E-state index in [9.17, 15) is 4.79 Å². The fourth-order valence-electron chi connectivity index (χ4n) is 1.60. The Balaban J connectivity index is 2.52. The van der Waals surface area contributed by atoms with Gasteiger partial charge in [0.1, 0.15) is 17.5 Å². The van der Waals surface area contributed by atoms with Gasteiger partial charge in [-0.15, -0.1) is 0 Å². The van der Waals surface area contributed by atoms with Gasteiger partial charge in [-0.3, -0.25) is 4.79 Å². The van der Waals surface area contributed by atoms with Crippen molar-refractivity contribution in [1.82, 2.24) is 15.3 Å². The fraction of sp³-hybridized carbons (Fsp3) is 0.615. The molecule has 0 fully saturated rings. The van der Waals surface area contributed by atoms with Crippen LogP contribution in [-0.2, 0) is 4.79 Å². The number of aromatic nitrogens is 2. The molecule has 1 aromatic rings. The topological polar surface area (TPSA) is 92.9 Å². The van der Waals surface area contributed by atoms with E-state index in [1.807, 2.05) is 27.7 Å². The molecule has 0 saturated carbocycles. The number of nitrogen functional groups attached to an aromatic ring is 1. The number of hydrogen-bond acceptors (Lipinski definition) is 5. The summed E-state index contributed by atoms with van der Waals surface area (Å²) in [4.78, 5) is 20.0. The Morgan fingerprint density at radius 2 is 1.89 bits per heavy atom. The maximum Gasteiger partial charge on any atom is 0.222 e. The van der Waals surface area contributed by atoms with Crippen molar-refractivity contribution in [3.63, 3.8) is 0 Å². The molecule has 106 valence electrons. The summed E-state index contributed by atoms with van der Waals surface area (Å²) in [6.07, 6.45) is 0.389. The Kier molecular flexibility index (Phi) is 4.69. The SMILES string of the molecule is Cc1nc(N)c(C)c(NCCC(=O)NC(C)(C)C)n1. The number of rotatable bonds is 4. The molecule has 0 unspecified atom stereocenters. The summed E-state index contributed by atoms with van der Waals surface area (Å²) in [5, 5.41) is 6.03. The first kappa shape index (κ1) is 15.2. The minimum Gasteiger partial charge on any atom is -0.383 e. The number of carbonyl (C=O) groups is 1. The number of aryl methyl sites for hydroxylation is 1. The highest BCUT2D eigenvalue weighted by Gasteiger charge is 2.13. The average Bonchev–Trinajstić information content (AvgIpc) is 2.22. The van der Waals surface area contributed by atoms with Crippen LogP contribution in [0.1, 0.15) is 38.6 Å². The Morgan fingerprint density at radius 1 is 1.26 bits per heavy atom. The molecule has 0 aliphatic heterocycles. The summed E-state index contributed by atoms with van der Waals surface area (Å²) < 4.78 is 0. The first-order valence-corrected chi connectivity index (χ1v) is 6.34. The van der Waals surface area contributed by atoms with Crippen LogP contribution in [0.15, 0.2) is 0 Å². The zero-order valence-corrected chi connectivity index (χ0v) is 12.3. The van der Waals surface area contributed by atoms with Crippen molar-refractivity contribution in [3.8, 4) is 0 Å². The molecule has 0 atom stereocenters. The third-order valence-electron chi connectivity index (χ3n) is 2.45. The number of amides is 1. The lowest BCUT2D eigenvalue weighted by Crippen LogP contribution is -2.41. The van der Waals surface area contributed by atoms with Crippen molar-refractivity contribution >= 4 is 17.5 Å². The highest BCUT2D eigenvalue weighted by Crippen LogP contribution is 2.16. The standard InChI is InChI=1S/C13H23N5O/c1-8-11(14)16-9(2)17-12(8)15-7-6-10(19)18-13(3,4)5/h6-7H2,1-5H3,(H,18,19)(H3,14,15,16,17). The van der Waals surface area contributed by atoms with E-state index >= 15 is 0 Å². The Morgan fingerprint density at radius 3 is 2.47 bits per heavy atom. The number of anilines is 2. The van der Waals surface area contributed by atoms with Crippen molar-refractivity contribution in [2.24, 2.45) is 0 Å². The van der Waals surface area contributed by atoms with Gasteiger partial charge in [0, 0.05) is 24.1 Å². The van der Waals surface area contributed by atoms with Gasteiger partial charge in [0.2, 0.25) is 5.91 Å². The lowest BCUT2D eigenvalue weighted by molar-refractivity contribution is -0.122. The van der Waals surface area contributed by atoms with Crippen molar-refractivity contribution < 1.29 is 4.79 Å². The van der Waals surface area contributed by atoms with E-state index in [0.29, 0.717) is 30.4 Å². The molecule has 1 rings (SSSR count). The van der Waals surface area contributed by atoms with E-state index in [0.717, 1.165) is 5.56 Å². The maximum atomic E-state index is 11.7. The van der Waals surface area contributed by atoms with Gasteiger partial charge in [0.25, 0.3) is 0 Å². The first-order valence-electron chi connectivity index (χ1n) is 6.34. The monoisotopic (exact) mass is 265 g/mol. The highest BCUT2D eigenvalue weighted by atomic mass is 16.1. The third kappa shape index (κ3) is 5.11. The molecule has 0 aliphatic carbocycles. The van der Waals surface area contributed by atoms with Crippen molar-refractivity contribution in [3.05, 3.63) is 11.4 Å². The fourth-order valence-corrected chi connectivity index (χ4v) is 1.60. The molecule has 0 aromatic carbocycles. The zero-order chi connectivity index (χ0) is 14.6. The van der Waals surface area contributed by atoms with Gasteiger partial charge in [-0.1, -0.05) is 0 Å². The maximum absolute atomic E-state index is 11.7. The number of nitrogens with two attached hydrogens (primary N) is 1. The summed E-state index contributed by atoms with van der Waals surface area (Å²) in [5.74, 6) is 1.78. The molecule has 1 aromatic heterocycles. The molecular formula is C13H23N5O. The van der Waals surface area contributed by atoms with Crippen LogP contribution in [0.5, 0.6) is 0 Å². The smallest absolute Gasteiger partial charge is 0.222 e. The van der Waals surface area contributed by atoms with Crippen LogP contribution < -0.4 is 16.4 Å². The first-order chi connectivity index (χ1) is 8.69. The Labute approximate surface area is 114 Å². The van der Waals surface area contributed by atoms with Crippen LogP contribution in [0.25, 0.3) is 0 Å². The summed E-state index contributed by atoms with van der Waals surface area (Å²) >= 11 is 0. The van der Waals surface area contributed by atoms with Crippen molar-refractivity contribution in [1.29, 1.82) is 0 Å². The van der Waals surface area contributed by atoms with Gasteiger partial charge in [-0.25, -0.2) is 9.97 Å². The lowest BCUT2D eigenvalue weighted by Gasteiger charge is -2.20. The lowest BCUT2D eigenvalue weighted by atomic mass is 10.1. The summed E-state index contributed by atoms with van der Waals surface area (Å²) in [6.45, 7) is 10.0. The van der Waals surface area contributed by atoms with Crippen LogP contribution in [-0.4, -0.2) is 28.0 Å². The second-order valence-corrected chi connectivity index (χ2v) is 5.60. The molecule has 0 saturated heterocycles. The van der Waals surface area contributed by atoms with Gasteiger partial charge >= 0.3 is 0 Å². The molecule has 0 aliphatic rings. The predicted molar refractivity (Wildman–Crippen MR) is 76.9 cm³/mol. The van der Waals surface area contributed by atoms with Gasteiger partial charge in [-0.2, -0.15) is 0 Å². The quantitative estimate of drug-likeness (QED) is 0.765. The second-order valence-electron chi connectivity index (χ2n) is 5.60. The third-order valence-corrected chi connectivity index (χ3v) is 2.45. The summed E-state index contributed by atoms with van der Waals surface area (Å²) in [6, 6.07) is 0. The van der Waals surface area contributed by atoms with Gasteiger partial charge in [-0.05, 0) is 34.6 Å². The molecule has 1 heterocycles. The molecule has 0 bridgehead atoms. The zero-order valence-electron chi connectivity index (χ0n) is 12.3. The molecule has 0 spiro atoms. The molecule has 0 radical (unpaired) electrons. The Bertz CT molecular complexity index is 465. The number of nitrogens with zero attached hydrogens (tertiary/aromatic N) is 2. The molecular weight excluding hydrogens is 242 g/mol. The Hall–Kier alpha value is -1.85. The van der Waals surface area contributed by atoms with Crippen molar-refractivity contribution in [2.75, 3.05) is 17.6 Å². The summed E-state index contributed by atoms with van der Waals surface area (Å²) in [5.41, 5.74) is 6.37. The van der Waals surface area contributed by atoms with Gasteiger partial charge in [0.05, 0.1) is 0 Å².